The lowest BCUT2D eigenvalue weighted by molar-refractivity contribution is -0.133. The lowest BCUT2D eigenvalue weighted by Crippen LogP contribution is -2.53. The van der Waals surface area contributed by atoms with E-state index in [2.05, 4.69) is 5.32 Å². The molecule has 0 aromatic carbocycles. The summed E-state index contributed by atoms with van der Waals surface area (Å²) in [5.41, 5.74) is -0.730. The summed E-state index contributed by atoms with van der Waals surface area (Å²) >= 11 is 0. The predicted molar refractivity (Wildman–Crippen MR) is 56.2 cm³/mol. The maximum Gasteiger partial charge on any atom is 0.325 e. The molecule has 5 nitrogen and oxygen atoms in total. The van der Waals surface area contributed by atoms with E-state index in [9.17, 15) is 9.59 Å². The van der Waals surface area contributed by atoms with Gasteiger partial charge in [-0.15, -0.1) is 0 Å². The maximum absolute atomic E-state index is 12.2. The first-order valence-electron chi connectivity index (χ1n) is 5.63. The number of rotatable bonds is 1. The van der Waals surface area contributed by atoms with Gasteiger partial charge in [-0.25, -0.2) is 9.69 Å². The summed E-state index contributed by atoms with van der Waals surface area (Å²) in [5.74, 6) is -0.0624. The van der Waals surface area contributed by atoms with E-state index in [0.717, 1.165) is 24.2 Å². The number of carbonyl (C=O) groups is 2. The van der Waals surface area contributed by atoms with E-state index in [1.165, 1.54) is 0 Å². The van der Waals surface area contributed by atoms with Gasteiger partial charge >= 0.3 is 6.03 Å². The normalized spacial score (nSPS) is 34.0. The van der Waals surface area contributed by atoms with Crippen LogP contribution in [0.5, 0.6) is 0 Å². The van der Waals surface area contributed by atoms with E-state index in [1.807, 2.05) is 13.0 Å². The highest BCUT2D eigenvalue weighted by Crippen LogP contribution is 2.37. The van der Waals surface area contributed by atoms with Gasteiger partial charge in [-0.05, 0) is 18.8 Å². The molecule has 1 saturated carbocycles. The van der Waals surface area contributed by atoms with E-state index in [-0.39, 0.29) is 18.4 Å². The minimum absolute atomic E-state index is 0.154. The summed E-state index contributed by atoms with van der Waals surface area (Å²) < 4.78 is 0. The largest absolute Gasteiger partial charge is 0.325 e. The smallest absolute Gasteiger partial charge is 0.323 e. The Morgan fingerprint density at radius 1 is 1.56 bits per heavy atom. The zero-order chi connectivity index (χ0) is 11.8. The van der Waals surface area contributed by atoms with Crippen molar-refractivity contribution in [2.45, 2.75) is 38.1 Å². The van der Waals surface area contributed by atoms with Crippen LogP contribution in [0.25, 0.3) is 0 Å². The fraction of sp³-hybridized carbons (Fsp3) is 0.727. The van der Waals surface area contributed by atoms with Crippen LogP contribution < -0.4 is 5.32 Å². The number of hydrogen-bond acceptors (Lipinski definition) is 3. The van der Waals surface area contributed by atoms with Gasteiger partial charge in [0.05, 0.1) is 6.07 Å². The average molecular weight is 221 g/mol. The van der Waals surface area contributed by atoms with Crippen molar-refractivity contribution in [1.29, 1.82) is 5.26 Å². The summed E-state index contributed by atoms with van der Waals surface area (Å²) in [7, 11) is 0. The lowest BCUT2D eigenvalue weighted by atomic mass is 9.73. The molecule has 2 rings (SSSR count). The molecule has 2 aliphatic rings. The molecule has 0 radical (unpaired) electrons. The second kappa shape index (κ2) is 3.78. The van der Waals surface area contributed by atoms with Crippen LogP contribution in [0.1, 0.15) is 32.6 Å². The predicted octanol–water partition coefficient (Wildman–Crippen LogP) is 1.01. The Morgan fingerprint density at radius 3 is 2.94 bits per heavy atom. The Balaban J connectivity index is 2.27. The van der Waals surface area contributed by atoms with Crippen molar-refractivity contribution in [2.24, 2.45) is 5.92 Å². The van der Waals surface area contributed by atoms with Crippen LogP contribution in [0.15, 0.2) is 0 Å². The summed E-state index contributed by atoms with van der Waals surface area (Å²) in [5, 5.41) is 11.4. The third kappa shape index (κ3) is 1.37. The minimum atomic E-state index is -0.730. The Bertz CT molecular complexity index is 374. The Morgan fingerprint density at radius 2 is 2.31 bits per heavy atom. The second-order valence-corrected chi connectivity index (χ2v) is 4.60. The fourth-order valence-corrected chi connectivity index (χ4v) is 2.71. The van der Waals surface area contributed by atoms with Crippen LogP contribution in [-0.4, -0.2) is 28.9 Å². The number of hydrogen-bond donors (Lipinski definition) is 1. The summed E-state index contributed by atoms with van der Waals surface area (Å²) in [6.07, 6.45) is 3.70. The fourth-order valence-electron chi connectivity index (χ4n) is 2.71. The minimum Gasteiger partial charge on any atom is -0.323 e. The molecule has 86 valence electrons. The quantitative estimate of drug-likeness (QED) is 0.530. The Labute approximate surface area is 94.4 Å². The molecule has 2 fully saturated rings. The van der Waals surface area contributed by atoms with Gasteiger partial charge < -0.3 is 5.32 Å². The molecule has 1 aliphatic carbocycles. The van der Waals surface area contributed by atoms with E-state index < -0.39 is 11.6 Å². The average Bonchev–Trinajstić information content (AvgIpc) is 2.49. The SMILES string of the molecule is C[C@@H]1CCCC[C@]12NC(=O)N(CC#N)C2=O. The number of carbonyl (C=O) groups excluding carboxylic acids is 2. The van der Waals surface area contributed by atoms with Crippen LogP contribution in [0, 0.1) is 17.2 Å². The Kier molecular flexibility index (Phi) is 2.58. The first kappa shape index (κ1) is 10.9. The molecule has 0 aromatic rings. The molecule has 1 N–H and O–H groups in total. The molecule has 5 heteroatoms. The number of nitrogens with one attached hydrogen (secondary N) is 1. The zero-order valence-electron chi connectivity index (χ0n) is 9.32. The van der Waals surface area contributed by atoms with Crippen molar-refractivity contribution in [3.8, 4) is 6.07 Å². The molecule has 0 aromatic heterocycles. The molecule has 2 atom stereocenters. The molecule has 3 amide bonds. The van der Waals surface area contributed by atoms with Crippen LogP contribution in [0.3, 0.4) is 0 Å². The molecular formula is C11H15N3O2. The van der Waals surface area contributed by atoms with Gasteiger partial charge in [-0.2, -0.15) is 5.26 Å². The Hall–Kier alpha value is -1.57. The van der Waals surface area contributed by atoms with Crippen molar-refractivity contribution >= 4 is 11.9 Å². The summed E-state index contributed by atoms with van der Waals surface area (Å²) in [6.45, 7) is 1.84. The number of urea groups is 1. The highest BCUT2D eigenvalue weighted by atomic mass is 16.2. The van der Waals surface area contributed by atoms with Gasteiger partial charge in [-0.3, -0.25) is 4.79 Å². The summed E-state index contributed by atoms with van der Waals surface area (Å²) in [4.78, 5) is 24.9. The van der Waals surface area contributed by atoms with Gasteiger partial charge in [0.2, 0.25) is 0 Å². The van der Waals surface area contributed by atoms with Crippen molar-refractivity contribution in [3.05, 3.63) is 0 Å². The molecule has 0 bridgehead atoms. The van der Waals surface area contributed by atoms with Gasteiger partial charge in [0.1, 0.15) is 12.1 Å². The number of nitriles is 1. The van der Waals surface area contributed by atoms with Crippen molar-refractivity contribution < 1.29 is 9.59 Å². The molecule has 16 heavy (non-hydrogen) atoms. The molecule has 1 saturated heterocycles. The van der Waals surface area contributed by atoms with Gasteiger partial charge in [0.15, 0.2) is 0 Å². The molecule has 1 spiro atoms. The monoisotopic (exact) mass is 221 g/mol. The second-order valence-electron chi connectivity index (χ2n) is 4.60. The van der Waals surface area contributed by atoms with E-state index in [1.54, 1.807) is 0 Å². The molecule has 0 unspecified atom stereocenters. The number of nitrogens with zero attached hydrogens (tertiary/aromatic N) is 2. The number of amides is 3. The van der Waals surface area contributed by atoms with Gasteiger partial charge in [0.25, 0.3) is 5.91 Å². The first-order valence-corrected chi connectivity index (χ1v) is 5.63. The lowest BCUT2D eigenvalue weighted by Gasteiger charge is -2.36. The maximum atomic E-state index is 12.2. The standard InChI is InChI=1S/C11H15N3O2/c1-8-4-2-3-5-11(8)9(15)14(7-6-12)10(16)13-11/h8H,2-5,7H2,1H3,(H,13,16)/t8-,11+/m1/s1. The topological polar surface area (TPSA) is 73.2 Å². The van der Waals surface area contributed by atoms with Crippen LogP contribution in [0.4, 0.5) is 4.79 Å². The van der Waals surface area contributed by atoms with Crippen LogP contribution in [0.2, 0.25) is 0 Å². The highest BCUT2D eigenvalue weighted by Gasteiger charge is 2.54. The van der Waals surface area contributed by atoms with Crippen molar-refractivity contribution in [1.82, 2.24) is 10.2 Å². The van der Waals surface area contributed by atoms with Crippen LogP contribution in [-0.2, 0) is 4.79 Å². The van der Waals surface area contributed by atoms with Gasteiger partial charge in [-0.1, -0.05) is 19.8 Å². The van der Waals surface area contributed by atoms with Gasteiger partial charge in [0, 0.05) is 0 Å². The van der Waals surface area contributed by atoms with Crippen LogP contribution >= 0.6 is 0 Å². The van der Waals surface area contributed by atoms with E-state index in [0.29, 0.717) is 6.42 Å². The highest BCUT2D eigenvalue weighted by molar-refractivity contribution is 6.07. The molecule has 1 aliphatic heterocycles. The van der Waals surface area contributed by atoms with Crippen molar-refractivity contribution in [2.75, 3.05) is 6.54 Å². The third-order valence-electron chi connectivity index (χ3n) is 3.73. The summed E-state index contributed by atoms with van der Waals surface area (Å²) in [6, 6.07) is 1.44. The van der Waals surface area contributed by atoms with E-state index >= 15 is 0 Å². The van der Waals surface area contributed by atoms with E-state index in [4.69, 9.17) is 5.26 Å². The molecular weight excluding hydrogens is 206 g/mol. The molecule has 1 heterocycles. The zero-order valence-corrected chi connectivity index (χ0v) is 9.32. The number of imide groups is 1. The first-order chi connectivity index (χ1) is 7.62. The van der Waals surface area contributed by atoms with Crippen molar-refractivity contribution in [3.63, 3.8) is 0 Å². The third-order valence-corrected chi connectivity index (χ3v) is 3.73.